The number of benzene rings is 1. The van der Waals surface area contributed by atoms with Crippen molar-refractivity contribution in [2.75, 3.05) is 18.4 Å². The number of rotatable bonds is 3. The van der Waals surface area contributed by atoms with Crippen molar-refractivity contribution in [3.05, 3.63) is 47.3 Å². The molecule has 2 aromatic rings. The van der Waals surface area contributed by atoms with E-state index in [-0.39, 0.29) is 11.8 Å². The summed E-state index contributed by atoms with van der Waals surface area (Å²) in [7, 11) is 1.90. The van der Waals surface area contributed by atoms with Crippen LogP contribution >= 0.6 is 0 Å². The number of nitrogens with one attached hydrogen (secondary N) is 1. The number of anilines is 1. The molecular formula is C19H22N4O2. The van der Waals surface area contributed by atoms with Crippen molar-refractivity contribution in [1.82, 2.24) is 14.7 Å². The molecule has 3 heterocycles. The van der Waals surface area contributed by atoms with E-state index in [0.29, 0.717) is 32.4 Å². The average Bonchev–Trinajstić information content (AvgIpc) is 3.27. The average molecular weight is 338 g/mol. The van der Waals surface area contributed by atoms with Gasteiger partial charge in [0.05, 0.1) is 11.6 Å². The predicted octanol–water partition coefficient (Wildman–Crippen LogP) is 1.78. The zero-order valence-corrected chi connectivity index (χ0v) is 14.6. The molecule has 1 unspecified atom stereocenters. The lowest BCUT2D eigenvalue weighted by Crippen LogP contribution is -2.39. The number of amides is 2. The monoisotopic (exact) mass is 338 g/mol. The van der Waals surface area contributed by atoms with Crippen LogP contribution in [0.15, 0.2) is 30.5 Å². The first kappa shape index (κ1) is 15.9. The highest BCUT2D eigenvalue weighted by Crippen LogP contribution is 2.44. The summed E-state index contributed by atoms with van der Waals surface area (Å²) in [4.78, 5) is 27.1. The number of nitrogens with zero attached hydrogens (tertiary/aromatic N) is 3. The minimum Gasteiger partial charge on any atom is -0.341 e. The molecule has 0 bridgehead atoms. The molecule has 6 nitrogen and oxygen atoms in total. The van der Waals surface area contributed by atoms with Crippen LogP contribution in [-0.4, -0.2) is 39.6 Å². The summed E-state index contributed by atoms with van der Waals surface area (Å²) in [5.74, 6) is 0.129. The van der Waals surface area contributed by atoms with Crippen molar-refractivity contribution in [2.24, 2.45) is 7.05 Å². The van der Waals surface area contributed by atoms with E-state index in [2.05, 4.69) is 10.4 Å². The van der Waals surface area contributed by atoms with E-state index in [1.165, 1.54) is 0 Å². The summed E-state index contributed by atoms with van der Waals surface area (Å²) < 4.78 is 1.82. The van der Waals surface area contributed by atoms with Gasteiger partial charge in [0.25, 0.3) is 0 Å². The first-order valence-corrected chi connectivity index (χ1v) is 8.67. The lowest BCUT2D eigenvalue weighted by molar-refractivity contribution is -0.130. The molecule has 1 aromatic carbocycles. The molecule has 1 spiro atoms. The molecule has 1 N–H and O–H groups in total. The van der Waals surface area contributed by atoms with Crippen LogP contribution in [0.3, 0.4) is 0 Å². The molecule has 2 aliphatic heterocycles. The summed E-state index contributed by atoms with van der Waals surface area (Å²) >= 11 is 0. The van der Waals surface area contributed by atoms with Gasteiger partial charge in [0, 0.05) is 37.9 Å². The number of likely N-dealkylation sites (tertiary alicyclic amines) is 1. The first-order valence-electron chi connectivity index (χ1n) is 8.67. The summed E-state index contributed by atoms with van der Waals surface area (Å²) in [6, 6.07) is 7.81. The summed E-state index contributed by atoms with van der Waals surface area (Å²) in [5, 5.41) is 7.19. The molecule has 2 amide bonds. The van der Waals surface area contributed by atoms with Crippen LogP contribution in [0.5, 0.6) is 0 Å². The molecule has 0 radical (unpaired) electrons. The largest absolute Gasteiger partial charge is 0.341 e. The number of aromatic nitrogens is 2. The van der Waals surface area contributed by atoms with Crippen molar-refractivity contribution >= 4 is 17.5 Å². The van der Waals surface area contributed by atoms with E-state index in [0.717, 1.165) is 22.5 Å². The van der Waals surface area contributed by atoms with Crippen LogP contribution in [0.25, 0.3) is 0 Å². The maximum Gasteiger partial charge on any atom is 0.236 e. The number of hydrogen-bond donors (Lipinski definition) is 1. The lowest BCUT2D eigenvalue weighted by atomic mass is 9.81. The minimum absolute atomic E-state index is 0.0205. The number of fused-ring (bicyclic) bond motifs is 2. The fourth-order valence-electron chi connectivity index (χ4n) is 3.99. The Kier molecular flexibility index (Phi) is 3.63. The highest BCUT2D eigenvalue weighted by Gasteiger charge is 2.51. The Morgan fingerprint density at radius 1 is 1.36 bits per heavy atom. The Morgan fingerprint density at radius 2 is 2.16 bits per heavy atom. The number of hydrogen-bond acceptors (Lipinski definition) is 3. The van der Waals surface area contributed by atoms with Crippen LogP contribution in [0.2, 0.25) is 0 Å². The summed E-state index contributed by atoms with van der Waals surface area (Å²) in [6.07, 6.45) is 3.65. The van der Waals surface area contributed by atoms with Gasteiger partial charge < -0.3 is 10.2 Å². The van der Waals surface area contributed by atoms with E-state index < -0.39 is 5.41 Å². The van der Waals surface area contributed by atoms with Gasteiger partial charge in [0.2, 0.25) is 11.8 Å². The Morgan fingerprint density at radius 3 is 2.92 bits per heavy atom. The van der Waals surface area contributed by atoms with Gasteiger partial charge in [0.1, 0.15) is 0 Å². The maximum atomic E-state index is 12.7. The second-order valence-electron chi connectivity index (χ2n) is 7.03. The van der Waals surface area contributed by atoms with Crippen LogP contribution in [0, 0.1) is 6.92 Å². The van der Waals surface area contributed by atoms with Gasteiger partial charge in [-0.3, -0.25) is 14.3 Å². The zero-order valence-electron chi connectivity index (χ0n) is 14.6. The summed E-state index contributed by atoms with van der Waals surface area (Å²) in [6.45, 7) is 3.12. The van der Waals surface area contributed by atoms with E-state index >= 15 is 0 Å². The molecule has 1 saturated heterocycles. The molecule has 0 saturated carbocycles. The van der Waals surface area contributed by atoms with Gasteiger partial charge in [-0.25, -0.2) is 0 Å². The Labute approximate surface area is 146 Å². The predicted molar refractivity (Wildman–Crippen MR) is 94.2 cm³/mol. The normalized spacial score (nSPS) is 21.7. The Hall–Kier alpha value is -2.63. The van der Waals surface area contributed by atoms with Gasteiger partial charge >= 0.3 is 0 Å². The third-order valence-corrected chi connectivity index (χ3v) is 5.69. The van der Waals surface area contributed by atoms with E-state index in [9.17, 15) is 9.59 Å². The first-order chi connectivity index (χ1) is 12.0. The molecule has 0 aliphatic carbocycles. The number of carbonyl (C=O) groups is 2. The van der Waals surface area contributed by atoms with Crippen molar-refractivity contribution in [3.63, 3.8) is 0 Å². The lowest BCUT2D eigenvalue weighted by Gasteiger charge is -2.22. The van der Waals surface area contributed by atoms with Crippen LogP contribution in [0.4, 0.5) is 5.69 Å². The zero-order chi connectivity index (χ0) is 17.6. The quantitative estimate of drug-likeness (QED) is 0.928. The Bertz CT molecular complexity index is 857. The Balaban J connectivity index is 1.46. The topological polar surface area (TPSA) is 67.2 Å². The highest BCUT2D eigenvalue weighted by atomic mass is 16.2. The molecule has 1 atom stereocenters. The van der Waals surface area contributed by atoms with Crippen LogP contribution < -0.4 is 5.32 Å². The van der Waals surface area contributed by atoms with Gasteiger partial charge in [-0.1, -0.05) is 18.2 Å². The number of aryl methyl sites for hydroxylation is 2. The second-order valence-corrected chi connectivity index (χ2v) is 7.03. The van der Waals surface area contributed by atoms with E-state index in [1.807, 2.05) is 54.0 Å². The molecule has 130 valence electrons. The fourth-order valence-corrected chi connectivity index (χ4v) is 3.99. The molecule has 4 rings (SSSR count). The molecule has 1 aromatic heterocycles. The standard InChI is InChI=1S/C19H22N4O2/c1-13-14(11-20-22(13)2)7-8-17(24)23-10-9-19(12-23)15-5-3-4-6-16(15)21-18(19)25/h3-6,11H,7-10,12H2,1-2H3,(H,21,25). The van der Waals surface area contributed by atoms with Crippen molar-refractivity contribution in [3.8, 4) is 0 Å². The van der Waals surface area contributed by atoms with Crippen LogP contribution in [-0.2, 0) is 28.5 Å². The van der Waals surface area contributed by atoms with Gasteiger partial charge in [-0.2, -0.15) is 5.10 Å². The minimum atomic E-state index is -0.573. The van der Waals surface area contributed by atoms with Crippen molar-refractivity contribution in [2.45, 2.75) is 31.6 Å². The van der Waals surface area contributed by atoms with Gasteiger partial charge in [-0.05, 0) is 37.0 Å². The molecule has 1 fully saturated rings. The number of carbonyl (C=O) groups excluding carboxylic acids is 2. The third-order valence-electron chi connectivity index (χ3n) is 5.69. The molecule has 6 heteroatoms. The van der Waals surface area contributed by atoms with Gasteiger partial charge in [0.15, 0.2) is 0 Å². The molecule has 25 heavy (non-hydrogen) atoms. The highest BCUT2D eigenvalue weighted by molar-refractivity contribution is 6.07. The number of para-hydroxylation sites is 1. The summed E-state index contributed by atoms with van der Waals surface area (Å²) in [5.41, 5.74) is 3.53. The molecular weight excluding hydrogens is 316 g/mol. The SMILES string of the molecule is Cc1c(CCC(=O)N2CCC3(C2)C(=O)Nc2ccccc23)cnn1C. The maximum absolute atomic E-state index is 12.7. The third kappa shape index (κ3) is 2.44. The second kappa shape index (κ2) is 5.72. The van der Waals surface area contributed by atoms with Crippen LogP contribution in [0.1, 0.15) is 29.7 Å². The molecule has 2 aliphatic rings. The van der Waals surface area contributed by atoms with Gasteiger partial charge in [-0.15, -0.1) is 0 Å². The van der Waals surface area contributed by atoms with Crippen molar-refractivity contribution < 1.29 is 9.59 Å². The van der Waals surface area contributed by atoms with Crippen molar-refractivity contribution in [1.29, 1.82) is 0 Å². The van der Waals surface area contributed by atoms with E-state index in [1.54, 1.807) is 0 Å². The smallest absolute Gasteiger partial charge is 0.236 e. The fraction of sp³-hybridized carbons (Fsp3) is 0.421. The van der Waals surface area contributed by atoms with E-state index in [4.69, 9.17) is 0 Å².